The number of halogens is 1. The first-order valence-corrected chi connectivity index (χ1v) is 6.05. The zero-order valence-electron chi connectivity index (χ0n) is 9.13. The third-order valence-corrected chi connectivity index (χ3v) is 3.14. The number of nitrogens with one attached hydrogen (secondary N) is 1. The van der Waals surface area contributed by atoms with Crippen LogP contribution in [0.4, 0.5) is 10.6 Å². The molecule has 2 aromatic rings. The van der Waals surface area contributed by atoms with E-state index in [0.717, 1.165) is 4.47 Å². The molecule has 0 saturated carbocycles. The second-order valence-corrected chi connectivity index (χ2v) is 4.76. The van der Waals surface area contributed by atoms with Crippen LogP contribution in [-0.4, -0.2) is 33.1 Å². The molecule has 1 aliphatic heterocycles. The number of amides is 3. The van der Waals surface area contributed by atoms with Crippen LogP contribution in [0, 0.1) is 0 Å². The molecule has 1 N–H and O–H groups in total. The van der Waals surface area contributed by atoms with Gasteiger partial charge in [0.25, 0.3) is 0 Å². The van der Waals surface area contributed by atoms with Crippen LogP contribution < -0.4 is 10.2 Å². The minimum absolute atomic E-state index is 0.258. The Hall–Kier alpha value is -1.96. The Morgan fingerprint density at radius 3 is 2.94 bits per heavy atom. The summed E-state index contributed by atoms with van der Waals surface area (Å²) in [6.07, 6.45) is 1.81. The van der Waals surface area contributed by atoms with Crippen molar-refractivity contribution in [1.82, 2.24) is 19.9 Å². The van der Waals surface area contributed by atoms with Crippen LogP contribution in [0.15, 0.2) is 22.9 Å². The lowest BCUT2D eigenvalue weighted by atomic mass is 10.3. The number of pyridine rings is 1. The van der Waals surface area contributed by atoms with E-state index >= 15 is 0 Å². The number of aromatic nitrogens is 3. The number of fused-ring (bicyclic) bond motifs is 1. The number of hydrogen-bond acceptors (Lipinski definition) is 4. The molecule has 1 saturated heterocycles. The summed E-state index contributed by atoms with van der Waals surface area (Å²) in [4.78, 5) is 24.4. The molecule has 3 amide bonds. The lowest BCUT2D eigenvalue weighted by molar-refractivity contribution is -0.120. The van der Waals surface area contributed by atoms with Crippen molar-refractivity contribution in [3.8, 4) is 0 Å². The van der Waals surface area contributed by atoms with E-state index < -0.39 is 6.03 Å². The number of rotatable bonds is 1. The molecule has 2 aromatic heterocycles. The van der Waals surface area contributed by atoms with Crippen LogP contribution >= 0.6 is 15.9 Å². The van der Waals surface area contributed by atoms with Gasteiger partial charge in [-0.2, -0.15) is 0 Å². The summed E-state index contributed by atoms with van der Waals surface area (Å²) < 4.78 is 2.49. The number of carbonyl (C=O) groups excluding carboxylic acids is 2. The number of nitrogens with zero attached hydrogens (tertiary/aromatic N) is 4. The van der Waals surface area contributed by atoms with Crippen molar-refractivity contribution in [3.05, 3.63) is 22.9 Å². The van der Waals surface area contributed by atoms with E-state index in [-0.39, 0.29) is 12.3 Å². The second kappa shape index (κ2) is 4.05. The first-order valence-electron chi connectivity index (χ1n) is 5.26. The highest BCUT2D eigenvalue weighted by Gasteiger charge is 2.26. The lowest BCUT2D eigenvalue weighted by Gasteiger charge is -2.26. The minimum atomic E-state index is -0.431. The summed E-state index contributed by atoms with van der Waals surface area (Å²) in [5.41, 5.74) is 0.629. The van der Waals surface area contributed by atoms with Crippen molar-refractivity contribution in [2.24, 2.45) is 0 Å². The van der Waals surface area contributed by atoms with Gasteiger partial charge in [-0.1, -0.05) is 15.9 Å². The van der Waals surface area contributed by atoms with Crippen LogP contribution in [0.1, 0.15) is 6.42 Å². The molecule has 0 aliphatic carbocycles. The molecule has 1 fully saturated rings. The molecule has 3 rings (SSSR count). The standard InChI is InChI=1S/C10H8BrN5O2/c11-6-3-7-14-12-5-16(7)9(4-6)15-2-1-8(17)13-10(15)18/h3-5H,1-2H2,(H,13,17,18). The van der Waals surface area contributed by atoms with E-state index in [1.165, 1.54) is 11.2 Å². The lowest BCUT2D eigenvalue weighted by Crippen LogP contribution is -2.50. The summed E-state index contributed by atoms with van der Waals surface area (Å²) in [5, 5.41) is 10.0. The van der Waals surface area contributed by atoms with E-state index in [2.05, 4.69) is 31.4 Å². The zero-order chi connectivity index (χ0) is 12.7. The first-order chi connectivity index (χ1) is 8.65. The quantitative estimate of drug-likeness (QED) is 0.850. The SMILES string of the molecule is O=C1CCN(c2cc(Br)cc3nncn23)C(=O)N1. The number of anilines is 1. The Morgan fingerprint density at radius 1 is 1.33 bits per heavy atom. The van der Waals surface area contributed by atoms with Gasteiger partial charge in [0.05, 0.1) is 0 Å². The van der Waals surface area contributed by atoms with Gasteiger partial charge in [-0.15, -0.1) is 10.2 Å². The van der Waals surface area contributed by atoms with Crippen molar-refractivity contribution in [2.75, 3.05) is 11.4 Å². The molecule has 0 unspecified atom stereocenters. The van der Waals surface area contributed by atoms with E-state index in [9.17, 15) is 9.59 Å². The summed E-state index contributed by atoms with van der Waals surface area (Å²) in [7, 11) is 0. The third kappa shape index (κ3) is 1.74. The smallest absolute Gasteiger partial charge is 0.279 e. The molecular weight excluding hydrogens is 302 g/mol. The van der Waals surface area contributed by atoms with Crippen molar-refractivity contribution in [1.29, 1.82) is 0 Å². The summed E-state index contributed by atoms with van der Waals surface area (Å²) in [6.45, 7) is 0.342. The van der Waals surface area contributed by atoms with Crippen molar-refractivity contribution < 1.29 is 9.59 Å². The fraction of sp³-hybridized carbons (Fsp3) is 0.200. The minimum Gasteiger partial charge on any atom is -0.279 e. The van der Waals surface area contributed by atoms with Gasteiger partial charge in [-0.3, -0.25) is 19.4 Å². The van der Waals surface area contributed by atoms with Gasteiger partial charge in [0.15, 0.2) is 5.65 Å². The maximum atomic E-state index is 11.8. The van der Waals surface area contributed by atoms with Gasteiger partial charge in [0.1, 0.15) is 12.1 Å². The topological polar surface area (TPSA) is 79.6 Å². The molecule has 8 heteroatoms. The Balaban J connectivity index is 2.11. The third-order valence-electron chi connectivity index (χ3n) is 2.69. The van der Waals surface area contributed by atoms with Gasteiger partial charge < -0.3 is 0 Å². The Kier molecular flexibility index (Phi) is 2.51. The molecule has 0 radical (unpaired) electrons. The summed E-state index contributed by atoms with van der Waals surface area (Å²) >= 11 is 3.36. The maximum absolute atomic E-state index is 11.8. The predicted octanol–water partition coefficient (Wildman–Crippen LogP) is 0.938. The zero-order valence-corrected chi connectivity index (χ0v) is 10.7. The molecule has 92 valence electrons. The molecule has 1 aliphatic rings. The normalized spacial score (nSPS) is 16.2. The molecule has 0 bridgehead atoms. The Bertz CT molecular complexity index is 653. The van der Waals surface area contributed by atoms with Crippen LogP contribution in [0.2, 0.25) is 0 Å². The molecule has 3 heterocycles. The van der Waals surface area contributed by atoms with E-state index in [1.807, 2.05) is 0 Å². The number of hydrogen-bond donors (Lipinski definition) is 1. The van der Waals surface area contributed by atoms with Crippen molar-refractivity contribution >= 4 is 39.3 Å². The van der Waals surface area contributed by atoms with Crippen LogP contribution in [0.5, 0.6) is 0 Å². The first kappa shape index (κ1) is 11.1. The molecular formula is C10H8BrN5O2. The van der Waals surface area contributed by atoms with Gasteiger partial charge >= 0.3 is 6.03 Å². The van der Waals surface area contributed by atoms with Crippen LogP contribution in [-0.2, 0) is 4.79 Å². The second-order valence-electron chi connectivity index (χ2n) is 3.85. The predicted molar refractivity (Wildman–Crippen MR) is 66.2 cm³/mol. The van der Waals surface area contributed by atoms with E-state index in [4.69, 9.17) is 0 Å². The fourth-order valence-electron chi connectivity index (χ4n) is 1.87. The molecule has 18 heavy (non-hydrogen) atoms. The summed E-state index contributed by atoms with van der Waals surface area (Å²) in [5.74, 6) is 0.362. The van der Waals surface area contributed by atoms with E-state index in [0.29, 0.717) is 18.0 Å². The number of urea groups is 1. The fourth-order valence-corrected chi connectivity index (χ4v) is 2.28. The van der Waals surface area contributed by atoms with Gasteiger partial charge in [0, 0.05) is 17.4 Å². The average Bonchev–Trinajstić information content (AvgIpc) is 2.76. The van der Waals surface area contributed by atoms with Crippen molar-refractivity contribution in [2.45, 2.75) is 6.42 Å². The highest BCUT2D eigenvalue weighted by molar-refractivity contribution is 9.10. The van der Waals surface area contributed by atoms with Gasteiger partial charge in [-0.25, -0.2) is 4.79 Å². The Labute approximate surface area is 110 Å². The molecule has 0 atom stereocenters. The molecule has 0 spiro atoms. The molecule has 7 nitrogen and oxygen atoms in total. The monoisotopic (exact) mass is 309 g/mol. The Morgan fingerprint density at radius 2 is 2.17 bits per heavy atom. The largest absolute Gasteiger partial charge is 0.329 e. The van der Waals surface area contributed by atoms with Crippen LogP contribution in [0.25, 0.3) is 5.65 Å². The van der Waals surface area contributed by atoms with Crippen LogP contribution in [0.3, 0.4) is 0 Å². The summed E-state index contributed by atoms with van der Waals surface area (Å²) in [6, 6.07) is 3.15. The number of carbonyl (C=O) groups is 2. The van der Waals surface area contributed by atoms with Crippen molar-refractivity contribution in [3.63, 3.8) is 0 Å². The highest BCUT2D eigenvalue weighted by Crippen LogP contribution is 2.23. The average molecular weight is 310 g/mol. The number of imide groups is 1. The van der Waals surface area contributed by atoms with E-state index in [1.54, 1.807) is 16.5 Å². The van der Waals surface area contributed by atoms with Gasteiger partial charge in [-0.05, 0) is 12.1 Å². The highest BCUT2D eigenvalue weighted by atomic mass is 79.9. The molecule has 0 aromatic carbocycles. The maximum Gasteiger partial charge on any atom is 0.329 e. The van der Waals surface area contributed by atoms with Gasteiger partial charge in [0.2, 0.25) is 5.91 Å².